The molecular formula is C18H32N2O3. The summed E-state index contributed by atoms with van der Waals surface area (Å²) in [6.45, 7) is 5.78. The first-order valence-electron chi connectivity index (χ1n) is 9.27. The maximum Gasteiger partial charge on any atom is 0.220 e. The Hall–Kier alpha value is -0.650. The van der Waals surface area contributed by atoms with E-state index in [1.165, 1.54) is 25.7 Å². The van der Waals surface area contributed by atoms with Crippen LogP contribution < -0.4 is 11.1 Å². The Labute approximate surface area is 139 Å². The van der Waals surface area contributed by atoms with E-state index in [4.69, 9.17) is 15.2 Å². The van der Waals surface area contributed by atoms with Crippen molar-refractivity contribution < 1.29 is 14.3 Å². The van der Waals surface area contributed by atoms with E-state index in [1.807, 2.05) is 0 Å². The molecule has 3 fully saturated rings. The zero-order valence-corrected chi connectivity index (χ0v) is 14.4. The largest absolute Gasteiger partial charge is 0.378 e. The maximum atomic E-state index is 12.2. The smallest absolute Gasteiger partial charge is 0.220 e. The molecule has 0 radical (unpaired) electrons. The van der Waals surface area contributed by atoms with E-state index in [1.54, 1.807) is 0 Å². The van der Waals surface area contributed by atoms with Gasteiger partial charge >= 0.3 is 0 Å². The van der Waals surface area contributed by atoms with Crippen molar-refractivity contribution in [1.82, 2.24) is 5.32 Å². The molecule has 0 heterocycles. The Morgan fingerprint density at radius 1 is 1.13 bits per heavy atom. The Kier molecular flexibility index (Phi) is 5.60. The second-order valence-electron chi connectivity index (χ2n) is 7.93. The summed E-state index contributed by atoms with van der Waals surface area (Å²) in [4.78, 5) is 12.2. The zero-order valence-electron chi connectivity index (χ0n) is 14.4. The number of carbonyl (C=O) groups is 1. The van der Waals surface area contributed by atoms with Gasteiger partial charge in [0.05, 0.1) is 26.4 Å². The number of nitrogens with one attached hydrogen (secondary N) is 1. The lowest BCUT2D eigenvalue weighted by Crippen LogP contribution is -2.64. The van der Waals surface area contributed by atoms with Crippen LogP contribution in [0.5, 0.6) is 0 Å². The van der Waals surface area contributed by atoms with Crippen molar-refractivity contribution in [3.8, 4) is 0 Å². The topological polar surface area (TPSA) is 73.6 Å². The molecule has 0 aromatic rings. The van der Waals surface area contributed by atoms with Crippen LogP contribution in [0.25, 0.3) is 0 Å². The number of rotatable bonds is 10. The minimum Gasteiger partial charge on any atom is -0.378 e. The number of carbonyl (C=O) groups excluding carboxylic acids is 1. The minimum atomic E-state index is 0.212. The Morgan fingerprint density at radius 3 is 2.43 bits per heavy atom. The second-order valence-corrected chi connectivity index (χ2v) is 7.93. The summed E-state index contributed by atoms with van der Waals surface area (Å²) in [5.41, 5.74) is 5.70. The molecule has 3 aliphatic carbocycles. The predicted octanol–water partition coefficient (Wildman–Crippen LogP) is 1.56. The van der Waals surface area contributed by atoms with Gasteiger partial charge in [-0.15, -0.1) is 0 Å². The molecule has 0 aliphatic heterocycles. The Bertz CT molecular complexity index is 399. The van der Waals surface area contributed by atoms with Crippen LogP contribution in [0.1, 0.15) is 39.0 Å². The highest BCUT2D eigenvalue weighted by atomic mass is 16.5. The molecule has 0 aromatic carbocycles. The summed E-state index contributed by atoms with van der Waals surface area (Å²) in [5.74, 6) is 3.81. The summed E-state index contributed by atoms with van der Waals surface area (Å²) in [7, 11) is 0. The monoisotopic (exact) mass is 324 g/mol. The molecule has 3 rings (SSSR count). The van der Waals surface area contributed by atoms with E-state index in [-0.39, 0.29) is 5.91 Å². The Morgan fingerprint density at radius 2 is 1.78 bits per heavy atom. The lowest BCUT2D eigenvalue weighted by molar-refractivity contribution is -0.220. The average Bonchev–Trinajstić information content (AvgIpc) is 2.47. The summed E-state index contributed by atoms with van der Waals surface area (Å²) >= 11 is 0. The third-order valence-corrected chi connectivity index (χ3v) is 6.19. The molecule has 0 spiro atoms. The maximum absolute atomic E-state index is 12.2. The normalized spacial score (nSPS) is 37.5. The van der Waals surface area contributed by atoms with Crippen LogP contribution >= 0.6 is 0 Å². The van der Waals surface area contributed by atoms with Crippen molar-refractivity contribution in [3.05, 3.63) is 0 Å². The first-order valence-corrected chi connectivity index (χ1v) is 9.27. The molecule has 2 unspecified atom stereocenters. The van der Waals surface area contributed by atoms with Crippen LogP contribution in [-0.2, 0) is 14.3 Å². The van der Waals surface area contributed by atoms with Crippen molar-refractivity contribution in [2.24, 2.45) is 34.8 Å². The average molecular weight is 324 g/mol. The number of ether oxygens (including phenoxy) is 2. The van der Waals surface area contributed by atoms with Gasteiger partial charge in [-0.2, -0.15) is 0 Å². The quantitative estimate of drug-likeness (QED) is 0.598. The van der Waals surface area contributed by atoms with Crippen molar-refractivity contribution in [3.63, 3.8) is 0 Å². The summed E-state index contributed by atoms with van der Waals surface area (Å²) in [6, 6.07) is 0. The van der Waals surface area contributed by atoms with E-state index in [9.17, 15) is 4.79 Å². The number of hydrogen-bond acceptors (Lipinski definition) is 4. The van der Waals surface area contributed by atoms with Crippen molar-refractivity contribution in [2.45, 2.75) is 39.0 Å². The summed E-state index contributed by atoms with van der Waals surface area (Å²) in [6.07, 6.45) is 6.11. The lowest BCUT2D eigenvalue weighted by Gasteiger charge is -2.71. The fourth-order valence-electron chi connectivity index (χ4n) is 5.62. The summed E-state index contributed by atoms with van der Waals surface area (Å²) < 4.78 is 10.7. The van der Waals surface area contributed by atoms with Crippen LogP contribution in [-0.4, -0.2) is 45.4 Å². The SMILES string of the molecule is CC1CC2CC3(CC(=O)NCCOCCOCCN)CC(C1)C23. The second kappa shape index (κ2) is 7.49. The molecule has 3 N–H and O–H groups in total. The molecule has 132 valence electrons. The number of amides is 1. The van der Waals surface area contributed by atoms with E-state index in [2.05, 4.69) is 12.2 Å². The molecular weight excluding hydrogens is 292 g/mol. The third-order valence-electron chi connectivity index (χ3n) is 6.19. The summed E-state index contributed by atoms with van der Waals surface area (Å²) in [5, 5.41) is 3.01. The van der Waals surface area contributed by atoms with E-state index < -0.39 is 0 Å². The first kappa shape index (κ1) is 17.2. The van der Waals surface area contributed by atoms with Crippen LogP contribution in [0.3, 0.4) is 0 Å². The molecule has 2 atom stereocenters. The van der Waals surface area contributed by atoms with Gasteiger partial charge in [0.15, 0.2) is 0 Å². The fraction of sp³-hybridized carbons (Fsp3) is 0.944. The number of hydrogen-bond donors (Lipinski definition) is 2. The van der Waals surface area contributed by atoms with Crippen LogP contribution in [0.2, 0.25) is 0 Å². The first-order chi connectivity index (χ1) is 11.1. The van der Waals surface area contributed by atoms with Crippen molar-refractivity contribution in [1.29, 1.82) is 0 Å². The van der Waals surface area contributed by atoms with Crippen molar-refractivity contribution >= 4 is 5.91 Å². The highest BCUT2D eigenvalue weighted by Gasteiger charge is 2.66. The molecule has 0 bridgehead atoms. The van der Waals surface area contributed by atoms with Gasteiger partial charge < -0.3 is 20.5 Å². The van der Waals surface area contributed by atoms with Gasteiger partial charge in [-0.05, 0) is 54.8 Å². The molecule has 1 amide bonds. The highest BCUT2D eigenvalue weighted by molar-refractivity contribution is 5.77. The standard InChI is InChI=1S/C18H32N2O3/c1-13-8-14-10-18(11-15(9-13)17(14)18)12-16(21)20-3-5-23-7-6-22-4-2-19/h13-15,17H,2-12,19H2,1H3,(H,20,21). The molecule has 3 aliphatic rings. The van der Waals surface area contributed by atoms with Crippen LogP contribution in [0.4, 0.5) is 0 Å². The van der Waals surface area contributed by atoms with Gasteiger partial charge in [0, 0.05) is 19.5 Å². The van der Waals surface area contributed by atoms with Gasteiger partial charge in [0.1, 0.15) is 0 Å². The molecule has 0 saturated heterocycles. The third kappa shape index (κ3) is 3.72. The minimum absolute atomic E-state index is 0.212. The lowest BCUT2D eigenvalue weighted by atomic mass is 9.34. The van der Waals surface area contributed by atoms with E-state index in [0.717, 1.165) is 30.1 Å². The zero-order chi connectivity index (χ0) is 16.3. The fourth-order valence-corrected chi connectivity index (χ4v) is 5.62. The molecule has 5 heteroatoms. The Balaban J connectivity index is 1.25. The molecule has 5 nitrogen and oxygen atoms in total. The van der Waals surface area contributed by atoms with Crippen LogP contribution in [0.15, 0.2) is 0 Å². The van der Waals surface area contributed by atoms with Gasteiger partial charge in [-0.25, -0.2) is 0 Å². The molecule has 23 heavy (non-hydrogen) atoms. The molecule has 0 aromatic heterocycles. The van der Waals surface area contributed by atoms with Crippen molar-refractivity contribution in [2.75, 3.05) is 39.5 Å². The van der Waals surface area contributed by atoms with E-state index in [0.29, 0.717) is 44.9 Å². The van der Waals surface area contributed by atoms with Gasteiger partial charge in [0.2, 0.25) is 5.91 Å². The van der Waals surface area contributed by atoms with Gasteiger partial charge in [-0.1, -0.05) is 6.92 Å². The highest BCUT2D eigenvalue weighted by Crippen LogP contribution is 2.73. The molecule has 3 saturated carbocycles. The van der Waals surface area contributed by atoms with Gasteiger partial charge in [-0.3, -0.25) is 4.79 Å². The predicted molar refractivity (Wildman–Crippen MR) is 88.9 cm³/mol. The van der Waals surface area contributed by atoms with Gasteiger partial charge in [0.25, 0.3) is 0 Å². The van der Waals surface area contributed by atoms with E-state index >= 15 is 0 Å². The van der Waals surface area contributed by atoms with Crippen LogP contribution in [0, 0.1) is 29.1 Å². The number of nitrogens with two attached hydrogens (primary N) is 1.